The maximum atomic E-state index is 11.6. The van der Waals surface area contributed by atoms with Crippen LogP contribution in [0.3, 0.4) is 0 Å². The molecule has 1 aromatic rings. The molecule has 0 fully saturated rings. The molecule has 0 radical (unpaired) electrons. The maximum absolute atomic E-state index is 11.6. The van der Waals surface area contributed by atoms with Gasteiger partial charge in [-0.1, -0.05) is 0 Å². The highest BCUT2D eigenvalue weighted by Crippen LogP contribution is 2.19. The molecule has 17 heavy (non-hydrogen) atoms. The van der Waals surface area contributed by atoms with Crippen molar-refractivity contribution in [2.75, 3.05) is 6.54 Å². The van der Waals surface area contributed by atoms with E-state index >= 15 is 0 Å². The molecule has 1 amide bonds. The van der Waals surface area contributed by atoms with Crippen molar-refractivity contribution in [2.45, 2.75) is 26.2 Å². The van der Waals surface area contributed by atoms with Gasteiger partial charge in [-0.25, -0.2) is 0 Å². The van der Waals surface area contributed by atoms with E-state index in [1.807, 2.05) is 0 Å². The molecule has 0 spiro atoms. The molecule has 6 heteroatoms. The van der Waals surface area contributed by atoms with Gasteiger partial charge in [0.15, 0.2) is 10.4 Å². The van der Waals surface area contributed by atoms with Crippen LogP contribution < -0.4 is 5.32 Å². The second-order valence-electron chi connectivity index (χ2n) is 3.67. The van der Waals surface area contributed by atoms with E-state index in [-0.39, 0.29) is 18.1 Å². The lowest BCUT2D eigenvalue weighted by atomic mass is 10.2. The summed E-state index contributed by atoms with van der Waals surface area (Å²) in [5.41, 5.74) is 0.764. The van der Waals surface area contributed by atoms with E-state index in [0.29, 0.717) is 24.1 Å². The van der Waals surface area contributed by atoms with E-state index < -0.39 is 5.97 Å². The van der Waals surface area contributed by atoms with E-state index in [4.69, 9.17) is 9.52 Å². The molecule has 0 bridgehead atoms. The first-order chi connectivity index (χ1) is 8.00. The summed E-state index contributed by atoms with van der Waals surface area (Å²) in [6, 6.07) is 1.72. The topological polar surface area (TPSA) is 79.5 Å². The number of rotatable bonds is 6. The lowest BCUT2D eigenvalue weighted by molar-refractivity contribution is -0.137. The summed E-state index contributed by atoms with van der Waals surface area (Å²) < 4.78 is 5.70. The van der Waals surface area contributed by atoms with Gasteiger partial charge in [0, 0.05) is 18.5 Å². The Morgan fingerprint density at radius 1 is 1.47 bits per heavy atom. The number of unbranched alkanes of at least 4 members (excludes halogenated alkanes) is 1. The summed E-state index contributed by atoms with van der Waals surface area (Å²) in [6.45, 7) is 2.23. The molecule has 5 nitrogen and oxygen atoms in total. The summed E-state index contributed by atoms with van der Waals surface area (Å²) >= 11 is 3.15. The van der Waals surface area contributed by atoms with Crippen molar-refractivity contribution in [3.8, 4) is 0 Å². The molecule has 94 valence electrons. The fourth-order valence-corrected chi connectivity index (χ4v) is 1.86. The van der Waals surface area contributed by atoms with Gasteiger partial charge in [0.2, 0.25) is 0 Å². The van der Waals surface area contributed by atoms with Crippen LogP contribution in [0.1, 0.15) is 35.4 Å². The van der Waals surface area contributed by atoms with Crippen LogP contribution in [-0.4, -0.2) is 23.5 Å². The van der Waals surface area contributed by atoms with Crippen molar-refractivity contribution < 1.29 is 19.1 Å². The largest absolute Gasteiger partial charge is 0.481 e. The van der Waals surface area contributed by atoms with Gasteiger partial charge in [-0.15, -0.1) is 0 Å². The summed E-state index contributed by atoms with van der Waals surface area (Å²) in [5, 5.41) is 11.1. The zero-order valence-corrected chi connectivity index (χ0v) is 11.0. The molecule has 0 saturated carbocycles. The fraction of sp³-hybridized carbons (Fsp3) is 0.455. The molecule has 0 saturated heterocycles. The minimum atomic E-state index is -0.817. The number of furan rings is 1. The molecule has 1 rings (SSSR count). The summed E-state index contributed by atoms with van der Waals surface area (Å²) in [6.07, 6.45) is 1.32. The average Bonchev–Trinajstić information content (AvgIpc) is 2.56. The molecular weight excluding hydrogens is 290 g/mol. The number of amides is 1. The van der Waals surface area contributed by atoms with Crippen LogP contribution >= 0.6 is 15.9 Å². The lowest BCUT2D eigenvalue weighted by Crippen LogP contribution is -2.24. The number of nitrogens with one attached hydrogen (secondary N) is 1. The molecule has 1 heterocycles. The number of carboxylic acids is 1. The van der Waals surface area contributed by atoms with Crippen molar-refractivity contribution in [1.82, 2.24) is 5.32 Å². The molecule has 0 atom stereocenters. The predicted octanol–water partition coefficient (Wildman–Crippen LogP) is 2.34. The highest BCUT2D eigenvalue weighted by atomic mass is 79.9. The molecule has 0 aromatic carbocycles. The SMILES string of the molecule is Cc1cc(Br)oc1C(=O)NCCCCC(=O)O. The quantitative estimate of drug-likeness (QED) is 0.791. The van der Waals surface area contributed by atoms with E-state index in [2.05, 4.69) is 21.2 Å². The summed E-state index contributed by atoms with van der Waals surface area (Å²) in [7, 11) is 0. The molecule has 0 aliphatic heterocycles. The van der Waals surface area contributed by atoms with Crippen LogP contribution in [0, 0.1) is 6.92 Å². The van der Waals surface area contributed by atoms with Gasteiger partial charge in [0.05, 0.1) is 0 Å². The Balaban J connectivity index is 2.30. The van der Waals surface area contributed by atoms with E-state index in [1.54, 1.807) is 13.0 Å². The number of hydrogen-bond donors (Lipinski definition) is 2. The first-order valence-electron chi connectivity index (χ1n) is 5.26. The van der Waals surface area contributed by atoms with Crippen molar-refractivity contribution in [2.24, 2.45) is 0 Å². The smallest absolute Gasteiger partial charge is 0.303 e. The zero-order chi connectivity index (χ0) is 12.8. The van der Waals surface area contributed by atoms with Crippen molar-refractivity contribution in [3.63, 3.8) is 0 Å². The monoisotopic (exact) mass is 303 g/mol. The predicted molar refractivity (Wildman–Crippen MR) is 65.0 cm³/mol. The second-order valence-corrected chi connectivity index (χ2v) is 4.45. The van der Waals surface area contributed by atoms with Crippen LogP contribution in [0.15, 0.2) is 15.2 Å². The number of halogens is 1. The fourth-order valence-electron chi connectivity index (χ4n) is 1.35. The van der Waals surface area contributed by atoms with Crippen LogP contribution in [0.2, 0.25) is 0 Å². The van der Waals surface area contributed by atoms with Crippen LogP contribution in [-0.2, 0) is 4.79 Å². The molecule has 1 aromatic heterocycles. The maximum Gasteiger partial charge on any atom is 0.303 e. The Hall–Kier alpha value is -1.30. The number of aliphatic carboxylic acids is 1. The summed E-state index contributed by atoms with van der Waals surface area (Å²) in [4.78, 5) is 21.9. The van der Waals surface area contributed by atoms with Crippen molar-refractivity contribution >= 4 is 27.8 Å². The van der Waals surface area contributed by atoms with Gasteiger partial charge >= 0.3 is 5.97 Å². The molecule has 2 N–H and O–H groups in total. The van der Waals surface area contributed by atoms with Crippen LogP contribution in [0.25, 0.3) is 0 Å². The standard InChI is InChI=1S/C11H14BrNO4/c1-7-6-8(12)17-10(7)11(16)13-5-3-2-4-9(14)15/h6H,2-5H2,1H3,(H,13,16)(H,14,15). The molecule has 0 aliphatic carbocycles. The number of carbonyl (C=O) groups excluding carboxylic acids is 1. The first kappa shape index (κ1) is 13.8. The highest BCUT2D eigenvalue weighted by molar-refractivity contribution is 9.10. The van der Waals surface area contributed by atoms with Crippen LogP contribution in [0.5, 0.6) is 0 Å². The van der Waals surface area contributed by atoms with Gasteiger partial charge in [-0.3, -0.25) is 9.59 Å². The van der Waals surface area contributed by atoms with Crippen molar-refractivity contribution in [1.29, 1.82) is 0 Å². The lowest BCUT2D eigenvalue weighted by Gasteiger charge is -2.02. The zero-order valence-electron chi connectivity index (χ0n) is 9.46. The van der Waals surface area contributed by atoms with Gasteiger partial charge < -0.3 is 14.8 Å². The second kappa shape index (κ2) is 6.44. The third kappa shape index (κ3) is 4.60. The third-order valence-corrected chi connectivity index (χ3v) is 2.59. The van der Waals surface area contributed by atoms with Crippen LogP contribution in [0.4, 0.5) is 0 Å². The minimum Gasteiger partial charge on any atom is -0.481 e. The Kier molecular flexibility index (Phi) is 5.21. The first-order valence-corrected chi connectivity index (χ1v) is 6.06. The Bertz CT molecular complexity index is 414. The molecular formula is C11H14BrNO4. The van der Waals surface area contributed by atoms with E-state index in [1.165, 1.54) is 0 Å². The Labute approximate surface area is 107 Å². The molecule has 0 aliphatic rings. The number of carboxylic acid groups (broad SMARTS) is 1. The Morgan fingerprint density at radius 2 is 2.18 bits per heavy atom. The minimum absolute atomic E-state index is 0.126. The number of hydrogen-bond acceptors (Lipinski definition) is 3. The Morgan fingerprint density at radius 3 is 2.71 bits per heavy atom. The third-order valence-electron chi connectivity index (χ3n) is 2.20. The molecule has 0 unspecified atom stereocenters. The van der Waals surface area contributed by atoms with Gasteiger partial charge in [-0.05, 0) is 41.8 Å². The average molecular weight is 304 g/mol. The van der Waals surface area contributed by atoms with E-state index in [0.717, 1.165) is 5.56 Å². The van der Waals surface area contributed by atoms with Gasteiger partial charge in [-0.2, -0.15) is 0 Å². The van der Waals surface area contributed by atoms with Crippen molar-refractivity contribution in [3.05, 3.63) is 22.1 Å². The van der Waals surface area contributed by atoms with Gasteiger partial charge in [0.1, 0.15) is 0 Å². The number of carbonyl (C=O) groups is 2. The summed E-state index contributed by atoms with van der Waals surface area (Å²) in [5.74, 6) is -0.805. The normalized spacial score (nSPS) is 10.2. The van der Waals surface area contributed by atoms with Gasteiger partial charge in [0.25, 0.3) is 5.91 Å². The number of aryl methyl sites for hydroxylation is 1. The highest BCUT2D eigenvalue weighted by Gasteiger charge is 2.13. The van der Waals surface area contributed by atoms with E-state index in [9.17, 15) is 9.59 Å².